The topological polar surface area (TPSA) is 82.2 Å². The van der Waals surface area contributed by atoms with Crippen molar-refractivity contribution in [2.45, 2.75) is 26.8 Å². The van der Waals surface area contributed by atoms with E-state index in [2.05, 4.69) is 56.3 Å². The molecule has 36 heavy (non-hydrogen) atoms. The molecule has 0 spiro atoms. The quantitative estimate of drug-likeness (QED) is 0.388. The number of aromatic nitrogens is 1. The number of rotatable bonds is 14. The molecule has 9 nitrogen and oxygen atoms in total. The first kappa shape index (κ1) is 27.5. The largest absolute Gasteiger partial charge is 0.493 e. The van der Waals surface area contributed by atoms with Crippen molar-refractivity contribution in [2.24, 2.45) is 0 Å². The van der Waals surface area contributed by atoms with Crippen LogP contribution in [0.3, 0.4) is 0 Å². The van der Waals surface area contributed by atoms with E-state index in [1.54, 1.807) is 7.11 Å². The van der Waals surface area contributed by atoms with Gasteiger partial charge in [-0.25, -0.2) is 4.79 Å². The molecule has 0 radical (unpaired) electrons. The van der Waals surface area contributed by atoms with Crippen LogP contribution in [0.15, 0.2) is 42.7 Å². The first-order valence-electron chi connectivity index (χ1n) is 13.0. The first-order valence-corrected chi connectivity index (χ1v) is 13.0. The van der Waals surface area contributed by atoms with Gasteiger partial charge < -0.3 is 29.9 Å². The van der Waals surface area contributed by atoms with Gasteiger partial charge in [0.05, 0.1) is 7.11 Å². The van der Waals surface area contributed by atoms with E-state index < -0.39 is 0 Å². The lowest BCUT2D eigenvalue weighted by atomic mass is 10.2. The van der Waals surface area contributed by atoms with E-state index in [-0.39, 0.29) is 6.03 Å². The van der Waals surface area contributed by atoms with Crippen molar-refractivity contribution in [3.05, 3.63) is 48.3 Å². The lowest BCUT2D eigenvalue weighted by Crippen LogP contribution is -2.47. The number of nitrogens with one attached hydrogen (secondary N) is 2. The minimum absolute atomic E-state index is 0.156. The van der Waals surface area contributed by atoms with Gasteiger partial charge in [-0.1, -0.05) is 19.9 Å². The van der Waals surface area contributed by atoms with E-state index >= 15 is 0 Å². The number of hydrogen-bond donors (Lipinski definition) is 2. The molecule has 0 bridgehead atoms. The van der Waals surface area contributed by atoms with Crippen LogP contribution in [0, 0.1) is 0 Å². The summed E-state index contributed by atoms with van der Waals surface area (Å²) in [6.07, 6.45) is 4.61. The van der Waals surface area contributed by atoms with Crippen molar-refractivity contribution in [3.8, 4) is 11.5 Å². The molecule has 198 valence electrons. The van der Waals surface area contributed by atoms with Crippen LogP contribution in [0.5, 0.6) is 11.5 Å². The van der Waals surface area contributed by atoms with Gasteiger partial charge in [0.1, 0.15) is 6.61 Å². The molecule has 1 aromatic heterocycles. The van der Waals surface area contributed by atoms with Crippen LogP contribution in [0.25, 0.3) is 0 Å². The Kier molecular flexibility index (Phi) is 11.6. The Morgan fingerprint density at radius 2 is 1.78 bits per heavy atom. The van der Waals surface area contributed by atoms with Crippen LogP contribution >= 0.6 is 0 Å². The summed E-state index contributed by atoms with van der Waals surface area (Å²) in [5.41, 5.74) is 2.20. The maximum absolute atomic E-state index is 12.2. The molecule has 0 unspecified atom stereocenters. The van der Waals surface area contributed by atoms with Crippen LogP contribution in [-0.2, 0) is 6.54 Å². The molecule has 1 fully saturated rings. The minimum atomic E-state index is -0.156. The van der Waals surface area contributed by atoms with Crippen molar-refractivity contribution in [2.75, 3.05) is 77.5 Å². The fraction of sp³-hybridized carbons (Fsp3) is 0.556. The Morgan fingerprint density at radius 1 is 1.03 bits per heavy atom. The molecule has 1 aliphatic rings. The maximum Gasteiger partial charge on any atom is 0.315 e. The molecular formula is C27H42N6O3. The first-order chi connectivity index (χ1) is 17.6. The Morgan fingerprint density at radius 3 is 2.47 bits per heavy atom. The highest BCUT2D eigenvalue weighted by atomic mass is 16.5. The standard InChI is InChI=1S/C27H42N6O3/c1-4-31(5-2)19-20-36-25-8-7-23(21-26(25)35-3)22-30-27(34)29-11-6-14-32-15-17-33(18-16-32)24-9-12-28-13-10-24/h7-10,12-13,21H,4-6,11,14-20,22H2,1-3H3,(H2,29,30,34). The lowest BCUT2D eigenvalue weighted by molar-refractivity contribution is 0.217. The molecule has 0 atom stereocenters. The van der Waals surface area contributed by atoms with Gasteiger partial charge in [0.2, 0.25) is 0 Å². The predicted octanol–water partition coefficient (Wildman–Crippen LogP) is 2.82. The van der Waals surface area contributed by atoms with Gasteiger partial charge in [-0.05, 0) is 55.9 Å². The molecule has 2 N–H and O–H groups in total. The second-order valence-electron chi connectivity index (χ2n) is 8.86. The summed E-state index contributed by atoms with van der Waals surface area (Å²) >= 11 is 0. The molecular weight excluding hydrogens is 456 g/mol. The number of amides is 2. The Balaban J connectivity index is 1.30. The zero-order valence-electron chi connectivity index (χ0n) is 22.0. The summed E-state index contributed by atoms with van der Waals surface area (Å²) in [5, 5.41) is 5.89. The highest BCUT2D eigenvalue weighted by molar-refractivity contribution is 5.73. The molecule has 1 saturated heterocycles. The van der Waals surface area contributed by atoms with E-state index in [1.807, 2.05) is 30.6 Å². The minimum Gasteiger partial charge on any atom is -0.493 e. The van der Waals surface area contributed by atoms with Gasteiger partial charge in [0.25, 0.3) is 0 Å². The second-order valence-corrected chi connectivity index (χ2v) is 8.86. The van der Waals surface area contributed by atoms with Crippen molar-refractivity contribution in [3.63, 3.8) is 0 Å². The number of carbonyl (C=O) groups is 1. The van der Waals surface area contributed by atoms with Gasteiger partial charge in [-0.2, -0.15) is 0 Å². The van der Waals surface area contributed by atoms with Gasteiger partial charge in [0, 0.05) is 63.9 Å². The van der Waals surface area contributed by atoms with E-state index in [1.165, 1.54) is 5.69 Å². The summed E-state index contributed by atoms with van der Waals surface area (Å²) in [6, 6.07) is 9.75. The Bertz CT molecular complexity index is 902. The average Bonchev–Trinajstić information content (AvgIpc) is 2.93. The number of piperazine rings is 1. The van der Waals surface area contributed by atoms with Crippen molar-refractivity contribution in [1.29, 1.82) is 0 Å². The number of anilines is 1. The lowest BCUT2D eigenvalue weighted by Gasteiger charge is -2.36. The SMILES string of the molecule is CCN(CC)CCOc1ccc(CNC(=O)NCCCN2CCN(c3ccncc3)CC2)cc1OC. The summed E-state index contributed by atoms with van der Waals surface area (Å²) in [5.74, 6) is 1.40. The number of ether oxygens (including phenoxy) is 2. The molecule has 9 heteroatoms. The summed E-state index contributed by atoms with van der Waals surface area (Å²) < 4.78 is 11.4. The number of benzene rings is 1. The van der Waals surface area contributed by atoms with Crippen molar-refractivity contribution in [1.82, 2.24) is 25.4 Å². The molecule has 2 aromatic rings. The number of hydrogen-bond acceptors (Lipinski definition) is 7. The number of methoxy groups -OCH3 is 1. The fourth-order valence-corrected chi connectivity index (χ4v) is 4.30. The zero-order chi connectivity index (χ0) is 25.6. The summed E-state index contributed by atoms with van der Waals surface area (Å²) in [4.78, 5) is 23.5. The number of pyridine rings is 1. The summed E-state index contributed by atoms with van der Waals surface area (Å²) in [6.45, 7) is 14.0. The van der Waals surface area contributed by atoms with E-state index in [4.69, 9.17) is 9.47 Å². The van der Waals surface area contributed by atoms with E-state index in [9.17, 15) is 4.79 Å². The van der Waals surface area contributed by atoms with Crippen LogP contribution in [0.1, 0.15) is 25.8 Å². The van der Waals surface area contributed by atoms with Gasteiger partial charge in [-0.3, -0.25) is 9.88 Å². The number of likely N-dealkylation sites (N-methyl/N-ethyl adjacent to an activating group) is 1. The molecule has 2 heterocycles. The second kappa shape index (κ2) is 15.2. The highest BCUT2D eigenvalue weighted by Crippen LogP contribution is 2.28. The van der Waals surface area contributed by atoms with E-state index in [0.717, 1.165) is 70.1 Å². The number of urea groups is 1. The fourth-order valence-electron chi connectivity index (χ4n) is 4.30. The molecule has 0 aliphatic carbocycles. The molecule has 0 saturated carbocycles. The van der Waals surface area contributed by atoms with Gasteiger partial charge >= 0.3 is 6.03 Å². The Hall–Kier alpha value is -3.04. The van der Waals surface area contributed by atoms with Crippen LogP contribution in [0.4, 0.5) is 10.5 Å². The molecule has 3 rings (SSSR count). The van der Waals surface area contributed by atoms with Crippen LogP contribution in [-0.4, -0.2) is 93.4 Å². The average molecular weight is 499 g/mol. The smallest absolute Gasteiger partial charge is 0.315 e. The summed E-state index contributed by atoms with van der Waals surface area (Å²) in [7, 11) is 1.63. The third kappa shape index (κ3) is 8.87. The van der Waals surface area contributed by atoms with E-state index in [0.29, 0.717) is 25.4 Å². The van der Waals surface area contributed by atoms with Crippen LogP contribution < -0.4 is 25.0 Å². The van der Waals surface area contributed by atoms with Gasteiger partial charge in [-0.15, -0.1) is 0 Å². The zero-order valence-corrected chi connectivity index (χ0v) is 22.0. The highest BCUT2D eigenvalue weighted by Gasteiger charge is 2.16. The molecule has 1 aliphatic heterocycles. The Labute approximate surface area is 215 Å². The van der Waals surface area contributed by atoms with Crippen LogP contribution in [0.2, 0.25) is 0 Å². The third-order valence-electron chi connectivity index (χ3n) is 6.58. The van der Waals surface area contributed by atoms with Crippen molar-refractivity contribution < 1.29 is 14.3 Å². The molecule has 2 amide bonds. The number of carbonyl (C=O) groups excluding carboxylic acids is 1. The molecule has 1 aromatic carbocycles. The normalized spacial score (nSPS) is 14.1. The number of nitrogens with zero attached hydrogens (tertiary/aromatic N) is 4. The van der Waals surface area contributed by atoms with Gasteiger partial charge in [0.15, 0.2) is 11.5 Å². The van der Waals surface area contributed by atoms with Crippen molar-refractivity contribution >= 4 is 11.7 Å². The monoisotopic (exact) mass is 498 g/mol. The predicted molar refractivity (Wildman–Crippen MR) is 144 cm³/mol. The maximum atomic E-state index is 12.2. The third-order valence-corrected chi connectivity index (χ3v) is 6.58.